The molecule has 2 N–H and O–H groups in total. The van der Waals surface area contributed by atoms with Gasteiger partial charge >= 0.3 is 0 Å². The highest BCUT2D eigenvalue weighted by Gasteiger charge is 2.37. The molecule has 1 aliphatic carbocycles. The quantitative estimate of drug-likeness (QED) is 0.924. The van der Waals surface area contributed by atoms with Crippen LogP contribution in [0.15, 0.2) is 28.8 Å². The number of aromatic nitrogens is 1. The van der Waals surface area contributed by atoms with Gasteiger partial charge in [-0.05, 0) is 30.5 Å². The van der Waals surface area contributed by atoms with Crippen LogP contribution in [-0.2, 0) is 5.41 Å². The van der Waals surface area contributed by atoms with Gasteiger partial charge in [0.25, 0.3) is 0 Å². The summed E-state index contributed by atoms with van der Waals surface area (Å²) in [4.78, 5) is 0. The summed E-state index contributed by atoms with van der Waals surface area (Å²) in [5.41, 5.74) is 9.01. The van der Waals surface area contributed by atoms with Gasteiger partial charge < -0.3 is 15.0 Å². The van der Waals surface area contributed by atoms with Crippen LogP contribution in [0.5, 0.6) is 5.75 Å². The van der Waals surface area contributed by atoms with Gasteiger partial charge in [0.05, 0.1) is 18.4 Å². The number of rotatable bonds is 3. The molecule has 4 nitrogen and oxygen atoms in total. The maximum atomic E-state index is 6.02. The average molecular weight is 272 g/mol. The molecule has 3 rings (SSSR count). The zero-order valence-corrected chi connectivity index (χ0v) is 12.0. The number of nitrogen functional groups attached to an aromatic ring is 1. The minimum absolute atomic E-state index is 0.0690. The highest BCUT2D eigenvalue weighted by molar-refractivity contribution is 5.77. The monoisotopic (exact) mass is 272 g/mol. The number of anilines is 1. The van der Waals surface area contributed by atoms with Gasteiger partial charge in [-0.3, -0.25) is 0 Å². The van der Waals surface area contributed by atoms with Crippen LogP contribution in [0.3, 0.4) is 0 Å². The smallest absolute Gasteiger partial charge is 0.230 e. The van der Waals surface area contributed by atoms with Crippen LogP contribution in [0, 0.1) is 0 Å². The van der Waals surface area contributed by atoms with Gasteiger partial charge in [-0.15, -0.1) is 0 Å². The van der Waals surface area contributed by atoms with Crippen molar-refractivity contribution in [2.75, 3.05) is 12.8 Å². The van der Waals surface area contributed by atoms with E-state index in [1.807, 2.05) is 24.3 Å². The number of ether oxygens (including phenoxy) is 1. The summed E-state index contributed by atoms with van der Waals surface area (Å²) in [6.07, 6.45) is 4.74. The molecule has 1 aliphatic rings. The summed E-state index contributed by atoms with van der Waals surface area (Å²) in [5, 5.41) is 4.26. The fourth-order valence-corrected chi connectivity index (χ4v) is 3.16. The number of methoxy groups -OCH3 is 1. The summed E-state index contributed by atoms with van der Waals surface area (Å²) >= 11 is 0. The van der Waals surface area contributed by atoms with Crippen LogP contribution >= 0.6 is 0 Å². The molecule has 0 aliphatic heterocycles. The molecule has 1 aromatic carbocycles. The predicted octanol–water partition coefficient (Wildman–Crippen LogP) is 3.76. The zero-order valence-electron chi connectivity index (χ0n) is 12.0. The molecule has 1 fully saturated rings. The van der Waals surface area contributed by atoms with Crippen LogP contribution < -0.4 is 10.5 Å². The molecular weight excluding hydrogens is 252 g/mol. The minimum atomic E-state index is 0.0690. The molecule has 0 atom stereocenters. The van der Waals surface area contributed by atoms with E-state index in [1.165, 1.54) is 12.8 Å². The van der Waals surface area contributed by atoms with Crippen molar-refractivity contribution in [1.82, 2.24) is 5.16 Å². The summed E-state index contributed by atoms with van der Waals surface area (Å²) < 4.78 is 10.6. The van der Waals surface area contributed by atoms with Gasteiger partial charge in [0.15, 0.2) is 0 Å². The average Bonchev–Trinajstić information content (AvgIpc) is 3.06. The first-order chi connectivity index (χ1) is 9.64. The Hall–Kier alpha value is -1.97. The molecule has 20 heavy (non-hydrogen) atoms. The number of nitrogens with zero attached hydrogens (tertiary/aromatic N) is 1. The molecule has 0 saturated heterocycles. The number of benzene rings is 1. The van der Waals surface area contributed by atoms with Crippen molar-refractivity contribution in [1.29, 1.82) is 0 Å². The van der Waals surface area contributed by atoms with E-state index >= 15 is 0 Å². The third kappa shape index (κ3) is 2.05. The molecule has 2 aromatic rings. The fourth-order valence-electron chi connectivity index (χ4n) is 3.16. The molecule has 0 bridgehead atoms. The second kappa shape index (κ2) is 4.85. The first-order valence-corrected chi connectivity index (χ1v) is 7.04. The molecule has 1 saturated carbocycles. The van der Waals surface area contributed by atoms with Gasteiger partial charge in [-0.25, -0.2) is 0 Å². The molecule has 106 valence electrons. The van der Waals surface area contributed by atoms with E-state index in [-0.39, 0.29) is 5.41 Å². The number of nitrogens with two attached hydrogens (primary N) is 1. The molecule has 0 radical (unpaired) electrons. The van der Waals surface area contributed by atoms with E-state index in [1.54, 1.807) is 7.11 Å². The number of hydrogen-bond acceptors (Lipinski definition) is 4. The SMILES string of the molecule is COc1cccc(-c2c(C3(C)CCCC3)noc2N)c1. The third-order valence-electron chi connectivity index (χ3n) is 4.36. The van der Waals surface area contributed by atoms with Crippen LogP contribution in [0.25, 0.3) is 11.1 Å². The van der Waals surface area contributed by atoms with Gasteiger partial charge in [0.2, 0.25) is 5.88 Å². The van der Waals surface area contributed by atoms with E-state index < -0.39 is 0 Å². The topological polar surface area (TPSA) is 61.3 Å². The van der Waals surface area contributed by atoms with Crippen LogP contribution in [0.1, 0.15) is 38.3 Å². The van der Waals surface area contributed by atoms with E-state index in [9.17, 15) is 0 Å². The van der Waals surface area contributed by atoms with Gasteiger partial charge in [-0.1, -0.05) is 37.1 Å². The van der Waals surface area contributed by atoms with Crippen molar-refractivity contribution < 1.29 is 9.26 Å². The summed E-state index contributed by atoms with van der Waals surface area (Å²) in [7, 11) is 1.66. The summed E-state index contributed by atoms with van der Waals surface area (Å²) in [6, 6.07) is 7.88. The lowest BCUT2D eigenvalue weighted by Gasteiger charge is -2.21. The Labute approximate surface area is 118 Å². The first kappa shape index (κ1) is 13.0. The molecule has 1 heterocycles. The largest absolute Gasteiger partial charge is 0.497 e. The Morgan fingerprint density at radius 1 is 1.30 bits per heavy atom. The molecule has 4 heteroatoms. The minimum Gasteiger partial charge on any atom is -0.497 e. The van der Waals surface area contributed by atoms with Crippen molar-refractivity contribution in [2.24, 2.45) is 0 Å². The molecule has 1 aromatic heterocycles. The van der Waals surface area contributed by atoms with Crippen LogP contribution in [0.2, 0.25) is 0 Å². The van der Waals surface area contributed by atoms with Crippen molar-refractivity contribution >= 4 is 5.88 Å². The Balaban J connectivity index is 2.11. The van der Waals surface area contributed by atoms with Gasteiger partial charge in [-0.2, -0.15) is 0 Å². The second-order valence-electron chi connectivity index (χ2n) is 5.77. The zero-order chi connectivity index (χ0) is 14.2. The highest BCUT2D eigenvalue weighted by Crippen LogP contribution is 2.46. The van der Waals surface area contributed by atoms with Crippen molar-refractivity contribution in [3.8, 4) is 16.9 Å². The lowest BCUT2D eigenvalue weighted by Crippen LogP contribution is -2.18. The maximum Gasteiger partial charge on any atom is 0.230 e. The molecule has 0 unspecified atom stereocenters. The number of hydrogen-bond donors (Lipinski definition) is 1. The van der Waals surface area contributed by atoms with E-state index in [2.05, 4.69) is 12.1 Å². The standard InChI is InChI=1S/C16H20N2O2/c1-16(8-3-4-9-16)14-13(15(17)20-18-14)11-6-5-7-12(10-11)19-2/h5-7,10H,3-4,8-9,17H2,1-2H3. The second-order valence-corrected chi connectivity index (χ2v) is 5.77. The Kier molecular flexibility index (Phi) is 3.16. The Morgan fingerprint density at radius 2 is 2.05 bits per heavy atom. The Morgan fingerprint density at radius 3 is 2.75 bits per heavy atom. The lowest BCUT2D eigenvalue weighted by molar-refractivity contribution is 0.386. The third-order valence-corrected chi connectivity index (χ3v) is 4.36. The van der Waals surface area contributed by atoms with Crippen LogP contribution in [0.4, 0.5) is 5.88 Å². The van der Waals surface area contributed by atoms with E-state index in [0.29, 0.717) is 5.88 Å². The van der Waals surface area contributed by atoms with E-state index in [0.717, 1.165) is 35.4 Å². The van der Waals surface area contributed by atoms with Crippen LogP contribution in [-0.4, -0.2) is 12.3 Å². The van der Waals surface area contributed by atoms with Gasteiger partial charge in [0, 0.05) is 5.41 Å². The highest BCUT2D eigenvalue weighted by atomic mass is 16.5. The predicted molar refractivity (Wildman–Crippen MR) is 78.7 cm³/mol. The molecule has 0 spiro atoms. The van der Waals surface area contributed by atoms with Crippen molar-refractivity contribution in [2.45, 2.75) is 38.0 Å². The van der Waals surface area contributed by atoms with E-state index in [4.69, 9.17) is 15.0 Å². The van der Waals surface area contributed by atoms with Crippen molar-refractivity contribution in [3.05, 3.63) is 30.0 Å². The summed E-state index contributed by atoms with van der Waals surface area (Å²) in [6.45, 7) is 2.25. The Bertz CT molecular complexity index is 613. The van der Waals surface area contributed by atoms with Gasteiger partial charge in [0.1, 0.15) is 5.75 Å². The van der Waals surface area contributed by atoms with Crippen molar-refractivity contribution in [3.63, 3.8) is 0 Å². The maximum absolute atomic E-state index is 6.02. The normalized spacial score (nSPS) is 17.3. The summed E-state index contributed by atoms with van der Waals surface area (Å²) in [5.74, 6) is 1.20. The molecule has 0 amide bonds. The fraction of sp³-hybridized carbons (Fsp3) is 0.438. The molecular formula is C16H20N2O2. The lowest BCUT2D eigenvalue weighted by atomic mass is 9.81. The first-order valence-electron chi connectivity index (χ1n) is 7.04.